The second-order valence-electron chi connectivity index (χ2n) is 3.73. The van der Waals surface area contributed by atoms with Crippen molar-refractivity contribution in [3.63, 3.8) is 0 Å². The van der Waals surface area contributed by atoms with Gasteiger partial charge in [0.25, 0.3) is 0 Å². The Kier molecular flexibility index (Phi) is 4.32. The molecule has 0 amide bonds. The van der Waals surface area contributed by atoms with Crippen molar-refractivity contribution in [3.05, 3.63) is 29.3 Å². The smallest absolute Gasteiger partial charge is 0.362 e. The Labute approximate surface area is 96.2 Å². The molecule has 0 bridgehead atoms. The van der Waals surface area contributed by atoms with Crippen molar-refractivity contribution < 1.29 is 17.2 Å². The van der Waals surface area contributed by atoms with Crippen molar-refractivity contribution >= 4 is 10.4 Å². The van der Waals surface area contributed by atoms with Crippen LogP contribution < -0.4 is 4.18 Å². The Morgan fingerprint density at radius 2 is 2.06 bits per heavy atom. The molecule has 16 heavy (non-hydrogen) atoms. The van der Waals surface area contributed by atoms with Crippen LogP contribution in [0.25, 0.3) is 0 Å². The van der Waals surface area contributed by atoms with E-state index in [-0.39, 0.29) is 5.75 Å². The first-order chi connectivity index (χ1) is 7.42. The van der Waals surface area contributed by atoms with Crippen molar-refractivity contribution in [1.82, 2.24) is 0 Å². The van der Waals surface area contributed by atoms with Crippen molar-refractivity contribution in [2.45, 2.75) is 33.1 Å². The molecule has 1 rings (SSSR count). The molecular weight excluding hydrogens is 228 g/mol. The molecule has 0 heterocycles. The van der Waals surface area contributed by atoms with Gasteiger partial charge in [-0.15, -0.1) is 0 Å². The molecule has 5 heteroatoms. The van der Waals surface area contributed by atoms with Gasteiger partial charge in [0.2, 0.25) is 0 Å². The number of unbranched alkanes of at least 4 members (excludes halogenated alkanes) is 1. The quantitative estimate of drug-likeness (QED) is 0.808. The molecular formula is C11H16O4S. The zero-order valence-corrected chi connectivity index (χ0v) is 10.3. The first-order valence-corrected chi connectivity index (χ1v) is 6.55. The Morgan fingerprint density at radius 3 is 2.62 bits per heavy atom. The summed E-state index contributed by atoms with van der Waals surface area (Å²) in [7, 11) is -4.44. The van der Waals surface area contributed by atoms with E-state index in [4.69, 9.17) is 4.55 Å². The highest BCUT2D eigenvalue weighted by atomic mass is 32.3. The van der Waals surface area contributed by atoms with Crippen molar-refractivity contribution in [2.24, 2.45) is 0 Å². The van der Waals surface area contributed by atoms with Crippen LogP contribution in [0, 0.1) is 6.92 Å². The van der Waals surface area contributed by atoms with Crippen LogP contribution in [0.15, 0.2) is 18.2 Å². The summed E-state index contributed by atoms with van der Waals surface area (Å²) in [6.07, 6.45) is 2.70. The van der Waals surface area contributed by atoms with Gasteiger partial charge in [-0.25, -0.2) is 0 Å². The molecule has 1 aromatic rings. The fraction of sp³-hybridized carbons (Fsp3) is 0.455. The molecule has 0 atom stereocenters. The second-order valence-corrected chi connectivity index (χ2v) is 4.75. The van der Waals surface area contributed by atoms with Crippen LogP contribution in [0.3, 0.4) is 0 Å². The summed E-state index contributed by atoms with van der Waals surface area (Å²) in [5.74, 6) is 0.210. The minimum absolute atomic E-state index is 0.210. The molecule has 4 nitrogen and oxygen atoms in total. The maximum absolute atomic E-state index is 10.6. The van der Waals surface area contributed by atoms with E-state index in [0.29, 0.717) is 0 Å². The number of hydrogen-bond donors (Lipinski definition) is 1. The Morgan fingerprint density at radius 1 is 1.38 bits per heavy atom. The van der Waals surface area contributed by atoms with Gasteiger partial charge in [0.05, 0.1) is 0 Å². The molecule has 1 N–H and O–H groups in total. The second kappa shape index (κ2) is 5.32. The average Bonchev–Trinajstić information content (AvgIpc) is 2.16. The summed E-state index contributed by atoms with van der Waals surface area (Å²) < 4.78 is 34.4. The van der Waals surface area contributed by atoms with Crippen LogP contribution in [0.4, 0.5) is 0 Å². The Hall–Kier alpha value is -1.07. The maximum atomic E-state index is 10.6. The van der Waals surface area contributed by atoms with Gasteiger partial charge in [0, 0.05) is 0 Å². The van der Waals surface area contributed by atoms with E-state index >= 15 is 0 Å². The van der Waals surface area contributed by atoms with E-state index in [2.05, 4.69) is 11.1 Å². The predicted octanol–water partition coefficient (Wildman–Crippen LogP) is 2.52. The summed E-state index contributed by atoms with van der Waals surface area (Å²) in [4.78, 5) is 0. The molecule has 90 valence electrons. The standard InChI is InChI=1S/C11H16O4S/c1-3-4-5-10-8-9(2)6-7-11(10)15-16(12,13)14/h6-8H,3-5H2,1-2H3,(H,12,13,14). The number of rotatable bonds is 5. The van der Waals surface area contributed by atoms with Crippen LogP contribution >= 0.6 is 0 Å². The highest BCUT2D eigenvalue weighted by molar-refractivity contribution is 7.81. The fourth-order valence-corrected chi connectivity index (χ4v) is 1.86. The lowest BCUT2D eigenvalue weighted by atomic mass is 10.1. The molecule has 0 aliphatic heterocycles. The van der Waals surface area contributed by atoms with E-state index in [1.807, 2.05) is 13.0 Å². The van der Waals surface area contributed by atoms with Gasteiger partial charge in [-0.1, -0.05) is 31.0 Å². The van der Waals surface area contributed by atoms with Gasteiger partial charge in [-0.05, 0) is 31.4 Å². The van der Waals surface area contributed by atoms with Crippen LogP contribution in [-0.4, -0.2) is 13.0 Å². The van der Waals surface area contributed by atoms with Crippen molar-refractivity contribution in [2.75, 3.05) is 0 Å². The highest BCUT2D eigenvalue weighted by Gasteiger charge is 2.11. The SMILES string of the molecule is CCCCc1cc(C)ccc1OS(=O)(=O)O. The zero-order chi connectivity index (χ0) is 12.2. The molecule has 0 aliphatic rings. The summed E-state index contributed by atoms with van der Waals surface area (Å²) in [5, 5.41) is 0. The van der Waals surface area contributed by atoms with Crippen molar-refractivity contribution in [3.8, 4) is 5.75 Å². The van der Waals surface area contributed by atoms with Gasteiger partial charge >= 0.3 is 10.4 Å². The minimum atomic E-state index is -4.44. The lowest BCUT2D eigenvalue weighted by molar-refractivity contribution is 0.385. The third kappa shape index (κ3) is 4.20. The summed E-state index contributed by atoms with van der Waals surface area (Å²) >= 11 is 0. The Balaban J connectivity index is 2.98. The molecule has 0 fully saturated rings. The number of aryl methyl sites for hydroxylation is 2. The summed E-state index contributed by atoms with van der Waals surface area (Å²) in [5.41, 5.74) is 1.84. The fourth-order valence-electron chi connectivity index (χ4n) is 1.47. The van der Waals surface area contributed by atoms with Gasteiger partial charge in [0.1, 0.15) is 5.75 Å². The topological polar surface area (TPSA) is 63.6 Å². The largest absolute Gasteiger partial charge is 0.446 e. The number of hydrogen-bond acceptors (Lipinski definition) is 3. The van der Waals surface area contributed by atoms with Gasteiger partial charge in [-0.3, -0.25) is 4.55 Å². The highest BCUT2D eigenvalue weighted by Crippen LogP contribution is 2.23. The molecule has 1 aromatic carbocycles. The van der Waals surface area contributed by atoms with Crippen LogP contribution in [-0.2, 0) is 16.8 Å². The predicted molar refractivity (Wildman–Crippen MR) is 62.0 cm³/mol. The monoisotopic (exact) mass is 244 g/mol. The zero-order valence-electron chi connectivity index (χ0n) is 9.43. The van der Waals surface area contributed by atoms with Crippen LogP contribution in [0.2, 0.25) is 0 Å². The van der Waals surface area contributed by atoms with E-state index in [1.165, 1.54) is 0 Å². The van der Waals surface area contributed by atoms with Gasteiger partial charge < -0.3 is 4.18 Å². The number of benzene rings is 1. The van der Waals surface area contributed by atoms with Crippen LogP contribution in [0.1, 0.15) is 30.9 Å². The minimum Gasteiger partial charge on any atom is -0.362 e. The van der Waals surface area contributed by atoms with E-state index in [1.54, 1.807) is 12.1 Å². The molecule has 0 aromatic heterocycles. The maximum Gasteiger partial charge on any atom is 0.446 e. The van der Waals surface area contributed by atoms with Gasteiger partial charge in [-0.2, -0.15) is 8.42 Å². The van der Waals surface area contributed by atoms with E-state index in [0.717, 1.165) is 30.4 Å². The molecule has 0 unspecified atom stereocenters. The first-order valence-electron chi connectivity index (χ1n) is 5.19. The third-order valence-electron chi connectivity index (χ3n) is 2.21. The summed E-state index contributed by atoms with van der Waals surface area (Å²) in [6.45, 7) is 3.98. The molecule has 0 radical (unpaired) electrons. The molecule has 0 spiro atoms. The lowest BCUT2D eigenvalue weighted by Gasteiger charge is -2.09. The summed E-state index contributed by atoms with van der Waals surface area (Å²) in [6, 6.07) is 5.18. The first kappa shape index (κ1) is 13.0. The molecule has 0 saturated heterocycles. The van der Waals surface area contributed by atoms with Crippen molar-refractivity contribution in [1.29, 1.82) is 0 Å². The normalized spacial score (nSPS) is 11.4. The van der Waals surface area contributed by atoms with Crippen LogP contribution in [0.5, 0.6) is 5.75 Å². The van der Waals surface area contributed by atoms with E-state index in [9.17, 15) is 8.42 Å². The molecule has 0 saturated carbocycles. The average molecular weight is 244 g/mol. The van der Waals surface area contributed by atoms with Gasteiger partial charge in [0.15, 0.2) is 0 Å². The van der Waals surface area contributed by atoms with E-state index < -0.39 is 10.4 Å². The molecule has 0 aliphatic carbocycles. The third-order valence-corrected chi connectivity index (χ3v) is 2.60. The Bertz CT molecular complexity index is 451. The lowest BCUT2D eigenvalue weighted by Crippen LogP contribution is -2.08.